The SMILES string of the molecule is CCCCCCCCCCCc1c[nH]c2cc(C(=O)OC)ccc12. The molecule has 0 unspecified atom stereocenters. The maximum Gasteiger partial charge on any atom is 0.337 e. The largest absolute Gasteiger partial charge is 0.465 e. The molecule has 132 valence electrons. The van der Waals surface area contributed by atoms with Gasteiger partial charge < -0.3 is 9.72 Å². The number of aryl methyl sites for hydroxylation is 1. The lowest BCUT2D eigenvalue weighted by atomic mass is 10.0. The van der Waals surface area contributed by atoms with Crippen LogP contribution in [0.15, 0.2) is 24.4 Å². The lowest BCUT2D eigenvalue weighted by molar-refractivity contribution is 0.0601. The van der Waals surface area contributed by atoms with Gasteiger partial charge in [0.1, 0.15) is 0 Å². The Morgan fingerprint density at radius 3 is 2.33 bits per heavy atom. The molecule has 1 heterocycles. The minimum Gasteiger partial charge on any atom is -0.465 e. The van der Waals surface area contributed by atoms with Gasteiger partial charge in [-0.25, -0.2) is 4.79 Å². The monoisotopic (exact) mass is 329 g/mol. The van der Waals surface area contributed by atoms with Gasteiger partial charge in [-0.05, 0) is 30.5 Å². The number of rotatable bonds is 11. The predicted octanol–water partition coefficient (Wildman–Crippen LogP) is 6.03. The van der Waals surface area contributed by atoms with Gasteiger partial charge in [-0.1, -0.05) is 64.4 Å². The molecule has 3 nitrogen and oxygen atoms in total. The van der Waals surface area contributed by atoms with E-state index in [0.29, 0.717) is 5.56 Å². The number of carbonyl (C=O) groups is 1. The minimum absolute atomic E-state index is 0.285. The van der Waals surface area contributed by atoms with Crippen molar-refractivity contribution >= 4 is 16.9 Å². The molecule has 3 heteroatoms. The van der Waals surface area contributed by atoms with Gasteiger partial charge in [0.15, 0.2) is 0 Å². The number of H-pyrrole nitrogens is 1. The van der Waals surface area contributed by atoms with Gasteiger partial charge in [0.25, 0.3) is 0 Å². The summed E-state index contributed by atoms with van der Waals surface area (Å²) in [5.74, 6) is -0.285. The average Bonchev–Trinajstić information content (AvgIpc) is 3.02. The Labute approximate surface area is 145 Å². The summed E-state index contributed by atoms with van der Waals surface area (Å²) in [4.78, 5) is 14.9. The molecule has 0 fully saturated rings. The smallest absolute Gasteiger partial charge is 0.337 e. The average molecular weight is 329 g/mol. The van der Waals surface area contributed by atoms with E-state index in [9.17, 15) is 4.79 Å². The number of ether oxygens (including phenoxy) is 1. The van der Waals surface area contributed by atoms with E-state index in [4.69, 9.17) is 4.74 Å². The highest BCUT2D eigenvalue weighted by atomic mass is 16.5. The number of aromatic amines is 1. The van der Waals surface area contributed by atoms with Gasteiger partial charge >= 0.3 is 5.97 Å². The second-order valence-electron chi connectivity index (χ2n) is 6.64. The minimum atomic E-state index is -0.285. The van der Waals surface area contributed by atoms with E-state index in [1.165, 1.54) is 75.8 Å². The molecule has 0 saturated heterocycles. The molecular weight excluding hydrogens is 298 g/mol. The zero-order valence-electron chi connectivity index (χ0n) is 15.2. The molecule has 0 spiro atoms. The Bertz CT molecular complexity index is 630. The van der Waals surface area contributed by atoms with Gasteiger partial charge in [-0.2, -0.15) is 0 Å². The van der Waals surface area contributed by atoms with Crippen molar-refractivity contribution in [2.45, 2.75) is 71.1 Å². The molecule has 0 bridgehead atoms. The molecule has 0 aliphatic carbocycles. The Morgan fingerprint density at radius 1 is 1.00 bits per heavy atom. The third-order valence-electron chi connectivity index (χ3n) is 4.74. The number of hydrogen-bond donors (Lipinski definition) is 1. The van der Waals surface area contributed by atoms with Gasteiger partial charge in [0, 0.05) is 17.1 Å². The highest BCUT2D eigenvalue weighted by molar-refractivity contribution is 5.95. The van der Waals surface area contributed by atoms with Gasteiger partial charge in [-0.15, -0.1) is 0 Å². The fraction of sp³-hybridized carbons (Fsp3) is 0.571. The summed E-state index contributed by atoms with van der Waals surface area (Å²) >= 11 is 0. The number of fused-ring (bicyclic) bond motifs is 1. The summed E-state index contributed by atoms with van der Waals surface area (Å²) in [5, 5.41) is 1.22. The normalized spacial score (nSPS) is 11.1. The van der Waals surface area contributed by atoms with E-state index in [-0.39, 0.29) is 5.97 Å². The molecule has 0 amide bonds. The summed E-state index contributed by atoms with van der Waals surface area (Å²) in [6, 6.07) is 5.75. The van der Waals surface area contributed by atoms with Crippen LogP contribution in [0, 0.1) is 0 Å². The molecule has 0 aliphatic heterocycles. The summed E-state index contributed by atoms with van der Waals surface area (Å²) in [6.07, 6.45) is 15.4. The van der Waals surface area contributed by atoms with Gasteiger partial charge in [0.05, 0.1) is 12.7 Å². The molecule has 0 atom stereocenters. The van der Waals surface area contributed by atoms with Crippen LogP contribution in [0.5, 0.6) is 0 Å². The quantitative estimate of drug-likeness (QED) is 0.404. The molecule has 0 radical (unpaired) electrons. The predicted molar refractivity (Wildman–Crippen MR) is 101 cm³/mol. The van der Waals surface area contributed by atoms with Crippen LogP contribution in [0.25, 0.3) is 10.9 Å². The van der Waals surface area contributed by atoms with E-state index in [0.717, 1.165) is 11.9 Å². The zero-order chi connectivity index (χ0) is 17.2. The standard InChI is InChI=1S/C21H31NO2/c1-3-4-5-6-7-8-9-10-11-12-18-16-22-20-15-17(21(23)24-2)13-14-19(18)20/h13-16,22H,3-12H2,1-2H3. The Morgan fingerprint density at radius 2 is 1.67 bits per heavy atom. The first-order valence-electron chi connectivity index (χ1n) is 9.44. The number of methoxy groups -OCH3 is 1. The van der Waals surface area contributed by atoms with Crippen LogP contribution in [0.4, 0.5) is 0 Å². The lowest BCUT2D eigenvalue weighted by Gasteiger charge is -2.03. The van der Waals surface area contributed by atoms with E-state index < -0.39 is 0 Å². The van der Waals surface area contributed by atoms with Gasteiger partial charge in [-0.3, -0.25) is 0 Å². The van der Waals surface area contributed by atoms with Crippen LogP contribution in [-0.4, -0.2) is 18.1 Å². The van der Waals surface area contributed by atoms with Crippen molar-refractivity contribution in [3.8, 4) is 0 Å². The molecule has 1 aromatic carbocycles. The molecule has 2 aromatic rings. The van der Waals surface area contributed by atoms with Crippen molar-refractivity contribution in [2.24, 2.45) is 0 Å². The molecular formula is C21H31NO2. The number of aromatic nitrogens is 1. The van der Waals surface area contributed by atoms with Crippen LogP contribution in [-0.2, 0) is 11.2 Å². The van der Waals surface area contributed by atoms with Crippen molar-refractivity contribution in [1.29, 1.82) is 0 Å². The van der Waals surface area contributed by atoms with Crippen molar-refractivity contribution < 1.29 is 9.53 Å². The Kier molecular flexibility index (Phi) is 7.87. The topological polar surface area (TPSA) is 42.1 Å². The fourth-order valence-electron chi connectivity index (χ4n) is 3.26. The Hall–Kier alpha value is -1.77. The molecule has 0 saturated carbocycles. The number of unbranched alkanes of at least 4 members (excludes halogenated alkanes) is 8. The number of benzene rings is 1. The lowest BCUT2D eigenvalue weighted by Crippen LogP contribution is -2.00. The number of esters is 1. The number of nitrogens with one attached hydrogen (secondary N) is 1. The van der Waals surface area contributed by atoms with Gasteiger partial charge in [0.2, 0.25) is 0 Å². The summed E-state index contributed by atoms with van der Waals surface area (Å²) < 4.78 is 4.77. The van der Waals surface area contributed by atoms with E-state index in [1.54, 1.807) is 0 Å². The first kappa shape index (κ1) is 18.6. The molecule has 2 rings (SSSR count). The fourth-order valence-corrected chi connectivity index (χ4v) is 3.26. The van der Waals surface area contributed by atoms with Crippen molar-refractivity contribution in [2.75, 3.05) is 7.11 Å². The first-order chi connectivity index (χ1) is 11.8. The third-order valence-corrected chi connectivity index (χ3v) is 4.74. The molecule has 0 aliphatic rings. The maximum absolute atomic E-state index is 11.6. The maximum atomic E-state index is 11.6. The second kappa shape index (κ2) is 10.2. The summed E-state index contributed by atoms with van der Waals surface area (Å²) in [6.45, 7) is 2.26. The van der Waals surface area contributed by atoms with Crippen LogP contribution >= 0.6 is 0 Å². The second-order valence-corrected chi connectivity index (χ2v) is 6.64. The molecule has 1 N–H and O–H groups in total. The highest BCUT2D eigenvalue weighted by Crippen LogP contribution is 2.22. The van der Waals surface area contributed by atoms with E-state index in [2.05, 4.69) is 18.1 Å². The van der Waals surface area contributed by atoms with Crippen LogP contribution in [0.3, 0.4) is 0 Å². The van der Waals surface area contributed by atoms with Crippen molar-refractivity contribution in [3.63, 3.8) is 0 Å². The van der Waals surface area contributed by atoms with E-state index in [1.807, 2.05) is 18.2 Å². The Balaban J connectivity index is 1.72. The molecule has 1 aromatic heterocycles. The summed E-state index contributed by atoms with van der Waals surface area (Å²) in [5.41, 5.74) is 2.97. The van der Waals surface area contributed by atoms with Crippen molar-refractivity contribution in [3.05, 3.63) is 35.5 Å². The van der Waals surface area contributed by atoms with Crippen LogP contribution in [0.1, 0.15) is 80.6 Å². The number of carbonyl (C=O) groups excluding carboxylic acids is 1. The zero-order valence-corrected chi connectivity index (χ0v) is 15.2. The third kappa shape index (κ3) is 5.40. The number of hydrogen-bond acceptors (Lipinski definition) is 2. The summed E-state index contributed by atoms with van der Waals surface area (Å²) in [7, 11) is 1.41. The van der Waals surface area contributed by atoms with Crippen molar-refractivity contribution in [1.82, 2.24) is 4.98 Å². The van der Waals surface area contributed by atoms with Crippen LogP contribution in [0.2, 0.25) is 0 Å². The highest BCUT2D eigenvalue weighted by Gasteiger charge is 2.09. The first-order valence-corrected chi connectivity index (χ1v) is 9.44. The molecule has 24 heavy (non-hydrogen) atoms. The van der Waals surface area contributed by atoms with E-state index >= 15 is 0 Å². The van der Waals surface area contributed by atoms with Crippen LogP contribution < -0.4 is 0 Å².